The first-order valence-corrected chi connectivity index (χ1v) is 8.22. The predicted octanol–water partition coefficient (Wildman–Crippen LogP) is 2.19. The Bertz CT molecular complexity index is 766. The Morgan fingerprint density at radius 2 is 2.14 bits per heavy atom. The standard InChI is InChI=1S/C14H14ClN3O3S/c15-10-5-3-9(4-6-10)8-22-13-12(19)16-14(20)18(17-13)11-2-1-7-21-11/h3-6,11H,1-2,7-8H2,(H,16,19,20)/t11-/m1/s1. The summed E-state index contributed by atoms with van der Waals surface area (Å²) in [5.41, 5.74) is 0.0106. The van der Waals surface area contributed by atoms with Gasteiger partial charge in [0.2, 0.25) is 0 Å². The number of aromatic amines is 1. The topological polar surface area (TPSA) is 77.0 Å². The van der Waals surface area contributed by atoms with Crippen molar-refractivity contribution < 1.29 is 4.74 Å². The molecule has 1 N–H and O–H groups in total. The highest BCUT2D eigenvalue weighted by Crippen LogP contribution is 2.22. The Hall–Kier alpha value is -1.57. The fraction of sp³-hybridized carbons (Fsp3) is 0.357. The second kappa shape index (κ2) is 6.68. The highest BCUT2D eigenvalue weighted by atomic mass is 35.5. The number of nitrogens with one attached hydrogen (secondary N) is 1. The van der Waals surface area contributed by atoms with Gasteiger partial charge in [0.1, 0.15) is 0 Å². The van der Waals surface area contributed by atoms with Crippen molar-refractivity contribution in [3.05, 3.63) is 55.7 Å². The van der Waals surface area contributed by atoms with E-state index in [2.05, 4.69) is 10.1 Å². The van der Waals surface area contributed by atoms with Gasteiger partial charge in [-0.05, 0) is 30.5 Å². The Labute approximate surface area is 135 Å². The smallest absolute Gasteiger partial charge is 0.347 e. The lowest BCUT2D eigenvalue weighted by atomic mass is 10.2. The van der Waals surface area contributed by atoms with Crippen LogP contribution < -0.4 is 11.2 Å². The number of rotatable bonds is 4. The van der Waals surface area contributed by atoms with E-state index < -0.39 is 11.2 Å². The second-order valence-electron chi connectivity index (χ2n) is 4.89. The van der Waals surface area contributed by atoms with Crippen molar-refractivity contribution in [1.29, 1.82) is 0 Å². The van der Waals surface area contributed by atoms with Crippen LogP contribution in [0, 0.1) is 0 Å². The van der Waals surface area contributed by atoms with E-state index in [1.54, 1.807) is 12.1 Å². The third-order valence-electron chi connectivity index (χ3n) is 3.29. The monoisotopic (exact) mass is 339 g/mol. The Morgan fingerprint density at radius 1 is 1.36 bits per heavy atom. The maximum atomic E-state index is 11.9. The fourth-order valence-corrected chi connectivity index (χ4v) is 3.12. The number of ether oxygens (including phenoxy) is 1. The molecule has 0 aliphatic carbocycles. The molecule has 0 saturated carbocycles. The van der Waals surface area contributed by atoms with E-state index in [-0.39, 0.29) is 11.3 Å². The molecule has 22 heavy (non-hydrogen) atoms. The number of hydrogen-bond donors (Lipinski definition) is 1. The number of thioether (sulfide) groups is 1. The summed E-state index contributed by atoms with van der Waals surface area (Å²) in [5.74, 6) is 0.566. The zero-order valence-corrected chi connectivity index (χ0v) is 13.2. The van der Waals surface area contributed by atoms with Crippen molar-refractivity contribution in [3.63, 3.8) is 0 Å². The Balaban J connectivity index is 1.80. The molecule has 6 nitrogen and oxygen atoms in total. The van der Waals surface area contributed by atoms with E-state index in [9.17, 15) is 9.59 Å². The molecule has 1 atom stereocenters. The minimum atomic E-state index is -0.534. The number of hydrogen-bond acceptors (Lipinski definition) is 5. The quantitative estimate of drug-likeness (QED) is 0.864. The third kappa shape index (κ3) is 3.43. The van der Waals surface area contributed by atoms with E-state index in [4.69, 9.17) is 16.3 Å². The molecule has 1 aromatic heterocycles. The van der Waals surface area contributed by atoms with Crippen molar-refractivity contribution >= 4 is 23.4 Å². The van der Waals surface area contributed by atoms with Gasteiger partial charge in [-0.15, -0.1) is 0 Å². The molecule has 1 aliphatic heterocycles. The van der Waals surface area contributed by atoms with E-state index >= 15 is 0 Å². The molecule has 0 unspecified atom stereocenters. The van der Waals surface area contributed by atoms with Crippen molar-refractivity contribution in [2.24, 2.45) is 0 Å². The SMILES string of the molecule is O=c1[nH]c(=O)n([C@H]2CCCO2)nc1SCc1ccc(Cl)cc1. The van der Waals surface area contributed by atoms with Crippen LogP contribution in [0.15, 0.2) is 38.9 Å². The predicted molar refractivity (Wildman–Crippen MR) is 84.4 cm³/mol. The molecule has 0 radical (unpaired) electrons. The zero-order valence-electron chi connectivity index (χ0n) is 11.6. The zero-order chi connectivity index (χ0) is 15.5. The van der Waals surface area contributed by atoms with Gasteiger partial charge in [-0.3, -0.25) is 9.78 Å². The van der Waals surface area contributed by atoms with Gasteiger partial charge < -0.3 is 4.74 Å². The van der Waals surface area contributed by atoms with Gasteiger partial charge in [0, 0.05) is 17.4 Å². The molecule has 0 spiro atoms. The molecular weight excluding hydrogens is 326 g/mol. The van der Waals surface area contributed by atoms with Crippen molar-refractivity contribution in [3.8, 4) is 0 Å². The summed E-state index contributed by atoms with van der Waals surface area (Å²) in [6.07, 6.45) is 1.21. The van der Waals surface area contributed by atoms with Gasteiger partial charge in [0.25, 0.3) is 5.56 Å². The summed E-state index contributed by atoms with van der Waals surface area (Å²) in [5, 5.41) is 5.08. The van der Waals surface area contributed by atoms with Crippen LogP contribution in [0.4, 0.5) is 0 Å². The second-order valence-corrected chi connectivity index (χ2v) is 6.29. The molecule has 8 heteroatoms. The largest absolute Gasteiger partial charge is 0.356 e. The van der Waals surface area contributed by atoms with Gasteiger partial charge in [-0.25, -0.2) is 4.79 Å². The molecular formula is C14H14ClN3O3S. The van der Waals surface area contributed by atoms with E-state index in [1.165, 1.54) is 16.4 Å². The lowest BCUT2D eigenvalue weighted by molar-refractivity contribution is 0.0395. The van der Waals surface area contributed by atoms with Crippen LogP contribution in [-0.2, 0) is 10.5 Å². The number of benzene rings is 1. The minimum Gasteiger partial charge on any atom is -0.356 e. The van der Waals surface area contributed by atoms with Crippen LogP contribution >= 0.6 is 23.4 Å². The maximum Gasteiger partial charge on any atom is 0.347 e. The highest BCUT2D eigenvalue weighted by molar-refractivity contribution is 7.98. The minimum absolute atomic E-state index is 0.255. The molecule has 1 fully saturated rings. The summed E-state index contributed by atoms with van der Waals surface area (Å²) in [6.45, 7) is 0.602. The van der Waals surface area contributed by atoms with Crippen LogP contribution in [0.25, 0.3) is 0 Å². The fourth-order valence-electron chi connectivity index (χ4n) is 2.17. The van der Waals surface area contributed by atoms with Crippen LogP contribution in [0.1, 0.15) is 24.6 Å². The number of H-pyrrole nitrogens is 1. The molecule has 1 saturated heterocycles. The average Bonchev–Trinajstić information content (AvgIpc) is 3.02. The third-order valence-corrected chi connectivity index (χ3v) is 4.56. The van der Waals surface area contributed by atoms with Gasteiger partial charge in [-0.2, -0.15) is 9.78 Å². The number of aromatic nitrogens is 3. The molecule has 2 heterocycles. The number of halogens is 1. The first kappa shape index (κ1) is 15.3. The Kier molecular flexibility index (Phi) is 4.66. The average molecular weight is 340 g/mol. The van der Waals surface area contributed by atoms with E-state index in [0.29, 0.717) is 17.4 Å². The molecule has 3 rings (SSSR count). The van der Waals surface area contributed by atoms with Gasteiger partial charge >= 0.3 is 5.69 Å². The maximum absolute atomic E-state index is 11.9. The van der Waals surface area contributed by atoms with Crippen LogP contribution in [0.2, 0.25) is 5.02 Å². The lowest BCUT2D eigenvalue weighted by Crippen LogP contribution is -2.35. The van der Waals surface area contributed by atoms with Gasteiger partial charge in [0.05, 0.1) is 0 Å². The molecule has 0 bridgehead atoms. The molecule has 116 valence electrons. The van der Waals surface area contributed by atoms with E-state index in [1.807, 2.05) is 12.1 Å². The number of nitrogens with zero attached hydrogens (tertiary/aromatic N) is 2. The summed E-state index contributed by atoms with van der Waals surface area (Å²) in [7, 11) is 0. The molecule has 2 aromatic rings. The first-order chi connectivity index (χ1) is 10.6. The lowest BCUT2D eigenvalue weighted by Gasteiger charge is -2.11. The first-order valence-electron chi connectivity index (χ1n) is 6.85. The van der Waals surface area contributed by atoms with Crippen LogP contribution in [0.3, 0.4) is 0 Å². The summed E-state index contributed by atoms with van der Waals surface area (Å²) < 4.78 is 6.67. The normalized spacial score (nSPS) is 17.8. The summed E-state index contributed by atoms with van der Waals surface area (Å²) in [4.78, 5) is 26.0. The van der Waals surface area contributed by atoms with Crippen molar-refractivity contribution in [2.45, 2.75) is 29.8 Å². The van der Waals surface area contributed by atoms with Gasteiger partial charge in [0.15, 0.2) is 11.3 Å². The van der Waals surface area contributed by atoms with Crippen molar-refractivity contribution in [2.75, 3.05) is 6.61 Å². The van der Waals surface area contributed by atoms with Gasteiger partial charge in [-0.1, -0.05) is 35.5 Å². The highest BCUT2D eigenvalue weighted by Gasteiger charge is 2.21. The van der Waals surface area contributed by atoms with Crippen molar-refractivity contribution in [1.82, 2.24) is 14.8 Å². The molecule has 1 aliphatic rings. The molecule has 0 amide bonds. The van der Waals surface area contributed by atoms with E-state index in [0.717, 1.165) is 18.4 Å². The summed E-state index contributed by atoms with van der Waals surface area (Å²) in [6, 6.07) is 7.37. The Morgan fingerprint density at radius 3 is 2.82 bits per heavy atom. The van der Waals surface area contributed by atoms with Crippen LogP contribution in [0.5, 0.6) is 0 Å². The van der Waals surface area contributed by atoms with Crippen LogP contribution in [-0.4, -0.2) is 21.4 Å². The summed E-state index contributed by atoms with van der Waals surface area (Å²) >= 11 is 7.11. The molecule has 1 aromatic carbocycles.